The molecule has 10 nitrogen and oxygen atoms in total. The Morgan fingerprint density at radius 2 is 1.80 bits per heavy atom. The lowest BCUT2D eigenvalue weighted by atomic mass is 9.99. The first kappa shape index (κ1) is 22.2. The maximum atomic E-state index is 11.6. The van der Waals surface area contributed by atoms with Crippen molar-refractivity contribution in [2.24, 2.45) is 0 Å². The highest BCUT2D eigenvalue weighted by molar-refractivity contribution is 5.75. The molecule has 2 unspecified atom stereocenters. The van der Waals surface area contributed by atoms with E-state index in [1.54, 1.807) is 13.8 Å². The Balaban J connectivity index is 2.75. The predicted molar refractivity (Wildman–Crippen MR) is 84.2 cm³/mol. The van der Waals surface area contributed by atoms with Gasteiger partial charge in [0.25, 0.3) is 0 Å². The van der Waals surface area contributed by atoms with Gasteiger partial charge in [-0.25, -0.2) is 0 Å². The summed E-state index contributed by atoms with van der Waals surface area (Å²) in [6, 6.07) is -0.977. The lowest BCUT2D eigenvalue weighted by Crippen LogP contribution is -2.60. The van der Waals surface area contributed by atoms with Gasteiger partial charge in [-0.05, 0) is 6.42 Å². The SMILES string of the molecule is CCC(=O)N[C@@H](CO[C@@H]1OC(CO)[C@H](O)[C@H](O)C1O)[C@H](O)[C@H](O)CC. The lowest BCUT2D eigenvalue weighted by molar-refractivity contribution is -0.303. The van der Waals surface area contributed by atoms with E-state index in [-0.39, 0.29) is 25.4 Å². The summed E-state index contributed by atoms with van der Waals surface area (Å²) in [7, 11) is 0. The second kappa shape index (κ2) is 10.3. The molecule has 0 bridgehead atoms. The average Bonchev–Trinajstić information content (AvgIpc) is 2.62. The molecule has 1 heterocycles. The second-order valence-corrected chi connectivity index (χ2v) is 6.02. The van der Waals surface area contributed by atoms with Crippen molar-refractivity contribution in [3.8, 4) is 0 Å². The summed E-state index contributed by atoms with van der Waals surface area (Å²) in [5, 5.41) is 60.9. The standard InChI is InChI=1S/C15H29NO9/c1-3-8(18)11(20)7(16-10(19)4-2)6-24-15-14(23)13(22)12(21)9(5-17)25-15/h7-9,11-15,17-18,20-23H,3-6H2,1-2H3,(H,16,19)/t7-,8+,9?,11-,12-,13-,14?,15+/m0/s1. The Hall–Kier alpha value is -0.850. The molecule has 1 aliphatic heterocycles. The quantitative estimate of drug-likeness (QED) is 0.222. The number of ether oxygens (including phenoxy) is 2. The molecule has 1 saturated heterocycles. The maximum Gasteiger partial charge on any atom is 0.220 e. The van der Waals surface area contributed by atoms with E-state index < -0.39 is 55.6 Å². The van der Waals surface area contributed by atoms with Crippen LogP contribution in [0.25, 0.3) is 0 Å². The highest BCUT2D eigenvalue weighted by Gasteiger charge is 2.44. The molecule has 1 aliphatic rings. The van der Waals surface area contributed by atoms with E-state index in [1.807, 2.05) is 0 Å². The van der Waals surface area contributed by atoms with Crippen LogP contribution in [0.3, 0.4) is 0 Å². The number of hydrogen-bond acceptors (Lipinski definition) is 9. The summed E-state index contributed by atoms with van der Waals surface area (Å²) in [6.07, 6.45) is -9.21. The highest BCUT2D eigenvalue weighted by atomic mass is 16.7. The Bertz CT molecular complexity index is 408. The maximum absolute atomic E-state index is 11.6. The van der Waals surface area contributed by atoms with Gasteiger partial charge in [-0.15, -0.1) is 0 Å². The van der Waals surface area contributed by atoms with Gasteiger partial charge in [-0.3, -0.25) is 4.79 Å². The number of hydrogen-bond donors (Lipinski definition) is 7. The van der Waals surface area contributed by atoms with Gasteiger partial charge in [-0.2, -0.15) is 0 Å². The van der Waals surface area contributed by atoms with Crippen molar-refractivity contribution in [2.45, 2.75) is 75.6 Å². The van der Waals surface area contributed by atoms with Crippen LogP contribution in [0.5, 0.6) is 0 Å². The number of carbonyl (C=O) groups excluding carboxylic acids is 1. The number of carbonyl (C=O) groups is 1. The van der Waals surface area contributed by atoms with Gasteiger partial charge in [-0.1, -0.05) is 13.8 Å². The molecule has 0 spiro atoms. The van der Waals surface area contributed by atoms with Crippen molar-refractivity contribution in [2.75, 3.05) is 13.2 Å². The molecular weight excluding hydrogens is 338 g/mol. The first-order chi connectivity index (χ1) is 11.8. The van der Waals surface area contributed by atoms with Crippen LogP contribution in [0.15, 0.2) is 0 Å². The van der Waals surface area contributed by atoms with E-state index in [9.17, 15) is 30.3 Å². The number of aliphatic hydroxyl groups is 6. The molecule has 148 valence electrons. The van der Waals surface area contributed by atoms with E-state index in [4.69, 9.17) is 14.6 Å². The molecular formula is C15H29NO9. The first-order valence-corrected chi connectivity index (χ1v) is 8.34. The minimum atomic E-state index is -1.59. The third-order valence-electron chi connectivity index (χ3n) is 4.18. The van der Waals surface area contributed by atoms with Crippen LogP contribution in [-0.2, 0) is 14.3 Å². The average molecular weight is 367 g/mol. The van der Waals surface area contributed by atoms with E-state index in [0.29, 0.717) is 0 Å². The van der Waals surface area contributed by atoms with Crippen LogP contribution < -0.4 is 5.32 Å². The topological polar surface area (TPSA) is 169 Å². The summed E-state index contributed by atoms with van der Waals surface area (Å²) in [4.78, 5) is 11.6. The smallest absolute Gasteiger partial charge is 0.220 e. The molecule has 1 amide bonds. The van der Waals surface area contributed by atoms with Crippen molar-refractivity contribution in [1.82, 2.24) is 5.32 Å². The number of amides is 1. The summed E-state index contributed by atoms with van der Waals surface area (Å²) in [6.45, 7) is 2.35. The molecule has 1 rings (SSSR count). The Kier molecular flexibility index (Phi) is 9.17. The van der Waals surface area contributed by atoms with Gasteiger partial charge in [0, 0.05) is 6.42 Å². The summed E-state index contributed by atoms with van der Waals surface area (Å²) in [5.74, 6) is -0.371. The molecule has 0 aromatic carbocycles. The molecule has 1 fully saturated rings. The predicted octanol–water partition coefficient (Wildman–Crippen LogP) is -3.17. The summed E-state index contributed by atoms with van der Waals surface area (Å²) in [5.41, 5.74) is 0. The van der Waals surface area contributed by atoms with Crippen LogP contribution in [0.4, 0.5) is 0 Å². The van der Waals surface area contributed by atoms with Crippen molar-refractivity contribution in [3.63, 3.8) is 0 Å². The molecule has 25 heavy (non-hydrogen) atoms. The number of nitrogens with one attached hydrogen (secondary N) is 1. The highest BCUT2D eigenvalue weighted by Crippen LogP contribution is 2.22. The van der Waals surface area contributed by atoms with Crippen LogP contribution >= 0.6 is 0 Å². The lowest BCUT2D eigenvalue weighted by Gasteiger charge is -2.40. The zero-order valence-electron chi connectivity index (χ0n) is 14.4. The Morgan fingerprint density at radius 3 is 2.32 bits per heavy atom. The van der Waals surface area contributed by atoms with Gasteiger partial charge < -0.3 is 45.4 Å². The fourth-order valence-corrected chi connectivity index (χ4v) is 2.45. The molecule has 0 aliphatic carbocycles. The summed E-state index contributed by atoms with van der Waals surface area (Å²) >= 11 is 0. The van der Waals surface area contributed by atoms with E-state index >= 15 is 0 Å². The van der Waals surface area contributed by atoms with E-state index in [0.717, 1.165) is 0 Å². The van der Waals surface area contributed by atoms with Crippen molar-refractivity contribution >= 4 is 5.91 Å². The van der Waals surface area contributed by atoms with Crippen molar-refractivity contribution in [3.05, 3.63) is 0 Å². The zero-order chi connectivity index (χ0) is 19.1. The fraction of sp³-hybridized carbons (Fsp3) is 0.933. The second-order valence-electron chi connectivity index (χ2n) is 6.02. The number of aliphatic hydroxyl groups excluding tert-OH is 6. The zero-order valence-corrected chi connectivity index (χ0v) is 14.4. The molecule has 7 N–H and O–H groups in total. The minimum absolute atomic E-state index is 0.158. The summed E-state index contributed by atoms with van der Waals surface area (Å²) < 4.78 is 10.5. The third kappa shape index (κ3) is 5.83. The van der Waals surface area contributed by atoms with Gasteiger partial charge in [0.15, 0.2) is 6.29 Å². The fourth-order valence-electron chi connectivity index (χ4n) is 2.45. The minimum Gasteiger partial charge on any atom is -0.394 e. The van der Waals surface area contributed by atoms with Crippen LogP contribution in [0.2, 0.25) is 0 Å². The van der Waals surface area contributed by atoms with Crippen molar-refractivity contribution < 1.29 is 44.9 Å². The number of rotatable bonds is 9. The van der Waals surface area contributed by atoms with Crippen LogP contribution in [0.1, 0.15) is 26.7 Å². The Morgan fingerprint density at radius 1 is 1.16 bits per heavy atom. The molecule has 0 aromatic heterocycles. The molecule has 0 saturated carbocycles. The van der Waals surface area contributed by atoms with Gasteiger partial charge in [0.05, 0.1) is 25.4 Å². The largest absolute Gasteiger partial charge is 0.394 e. The first-order valence-electron chi connectivity index (χ1n) is 8.34. The van der Waals surface area contributed by atoms with Gasteiger partial charge >= 0.3 is 0 Å². The van der Waals surface area contributed by atoms with Crippen molar-refractivity contribution in [1.29, 1.82) is 0 Å². The third-order valence-corrected chi connectivity index (χ3v) is 4.18. The van der Waals surface area contributed by atoms with Gasteiger partial charge in [0.1, 0.15) is 30.5 Å². The van der Waals surface area contributed by atoms with E-state index in [1.165, 1.54) is 0 Å². The molecule has 10 heteroatoms. The van der Waals surface area contributed by atoms with Gasteiger partial charge in [0.2, 0.25) is 5.91 Å². The molecule has 0 aromatic rings. The van der Waals surface area contributed by atoms with Crippen LogP contribution in [0, 0.1) is 0 Å². The Labute approximate surface area is 146 Å². The normalized spacial score (nSPS) is 33.5. The molecule has 8 atom stereocenters. The monoisotopic (exact) mass is 367 g/mol. The van der Waals surface area contributed by atoms with Crippen LogP contribution in [-0.4, -0.2) is 98.7 Å². The molecule has 0 radical (unpaired) electrons. The van der Waals surface area contributed by atoms with E-state index in [2.05, 4.69) is 5.32 Å².